The lowest BCUT2D eigenvalue weighted by atomic mass is 10.1. The number of pyridine rings is 1. The number of carbonyl (C=O) groups is 2. The number of hydrogen-bond donors (Lipinski definition) is 1. The van der Waals surface area contributed by atoms with Gasteiger partial charge in [-0.2, -0.15) is 0 Å². The maximum Gasteiger partial charge on any atom is 0.326 e. The second-order valence-corrected chi connectivity index (χ2v) is 8.35. The number of rotatable bonds is 7. The van der Waals surface area contributed by atoms with Crippen molar-refractivity contribution in [3.63, 3.8) is 0 Å². The van der Waals surface area contributed by atoms with Gasteiger partial charge in [0.15, 0.2) is 0 Å². The third-order valence-corrected chi connectivity index (χ3v) is 6.04. The highest BCUT2D eigenvalue weighted by atomic mass is 127. The molecule has 182 valence electrons. The molecule has 0 spiro atoms. The van der Waals surface area contributed by atoms with Gasteiger partial charge in [-0.05, 0) is 42.0 Å². The number of carbonyl (C=O) groups excluding carboxylic acids is 2. The number of hydrogen-bond acceptors (Lipinski definition) is 6. The third-order valence-electron chi connectivity index (χ3n) is 5.82. The quantitative estimate of drug-likeness (QED) is 0.332. The van der Waals surface area contributed by atoms with Crippen molar-refractivity contribution in [2.45, 2.75) is 6.54 Å². The van der Waals surface area contributed by atoms with Crippen molar-refractivity contribution >= 4 is 46.4 Å². The Kier molecular flexibility index (Phi) is 8.37. The summed E-state index contributed by atoms with van der Waals surface area (Å²) >= 11 is 1.60. The van der Waals surface area contributed by atoms with E-state index in [-0.39, 0.29) is 11.9 Å². The zero-order chi connectivity index (χ0) is 24.6. The molecule has 0 bridgehead atoms. The normalized spacial score (nSPS) is 13.3. The molecule has 4 rings (SSSR count). The van der Waals surface area contributed by atoms with Gasteiger partial charge in [0.1, 0.15) is 34.6 Å². The number of benzene rings is 2. The summed E-state index contributed by atoms with van der Waals surface area (Å²) < 4.78 is 10.2. The van der Waals surface area contributed by atoms with Crippen LogP contribution in [-0.4, -0.2) is 55.1 Å². The Balaban J connectivity index is 1.48. The standard InChI is InChI=1S/C25H26IN5O4/c1-34-22-7-3-2-6-21(22)29-14-16-30(17-15-29)25(33)31(23-8-4-5-13-27-23)18-19-9-11-20(12-10-19)24(32)28-35-26/h2-13H,14-18H2,1H3,(H,28,32). The van der Waals surface area contributed by atoms with Crippen molar-refractivity contribution < 1.29 is 17.5 Å². The van der Waals surface area contributed by atoms with Crippen LogP contribution in [0.5, 0.6) is 5.75 Å². The fraction of sp³-hybridized carbons (Fsp3) is 0.240. The molecule has 1 N–H and O–H groups in total. The molecular weight excluding hydrogens is 561 g/mol. The van der Waals surface area contributed by atoms with E-state index in [1.807, 2.05) is 59.5 Å². The number of urea groups is 1. The molecule has 1 aliphatic rings. The zero-order valence-corrected chi connectivity index (χ0v) is 21.4. The summed E-state index contributed by atoms with van der Waals surface area (Å²) in [6, 6.07) is 20.4. The Morgan fingerprint density at radius 3 is 2.37 bits per heavy atom. The second-order valence-electron chi connectivity index (χ2n) is 7.91. The van der Waals surface area contributed by atoms with Gasteiger partial charge in [-0.15, -0.1) is 0 Å². The van der Waals surface area contributed by atoms with Crippen LogP contribution >= 0.6 is 23.0 Å². The molecule has 1 fully saturated rings. The van der Waals surface area contributed by atoms with Crippen molar-refractivity contribution in [3.05, 3.63) is 84.1 Å². The smallest absolute Gasteiger partial charge is 0.326 e. The number of amides is 3. The lowest BCUT2D eigenvalue weighted by Crippen LogP contribution is -2.53. The van der Waals surface area contributed by atoms with Gasteiger partial charge in [-0.25, -0.2) is 18.4 Å². The molecule has 35 heavy (non-hydrogen) atoms. The maximum atomic E-state index is 13.6. The Hall–Kier alpha value is -3.38. The Bertz CT molecular complexity index is 1140. The van der Waals surface area contributed by atoms with Gasteiger partial charge in [-0.3, -0.25) is 9.69 Å². The number of hydroxylamine groups is 1. The van der Waals surface area contributed by atoms with Gasteiger partial charge < -0.3 is 14.5 Å². The summed E-state index contributed by atoms with van der Waals surface area (Å²) in [5.41, 5.74) is 4.66. The molecule has 0 atom stereocenters. The van der Waals surface area contributed by atoms with Gasteiger partial charge >= 0.3 is 6.03 Å². The van der Waals surface area contributed by atoms with E-state index in [2.05, 4.69) is 18.5 Å². The summed E-state index contributed by atoms with van der Waals surface area (Å²) in [4.78, 5) is 35.7. The highest BCUT2D eigenvalue weighted by molar-refractivity contribution is 14.1. The monoisotopic (exact) mass is 587 g/mol. The van der Waals surface area contributed by atoms with E-state index in [9.17, 15) is 9.59 Å². The molecule has 1 aliphatic heterocycles. The highest BCUT2D eigenvalue weighted by Gasteiger charge is 2.28. The van der Waals surface area contributed by atoms with Crippen molar-refractivity contribution in [1.29, 1.82) is 0 Å². The second kappa shape index (κ2) is 11.8. The molecular formula is C25H26IN5O4. The minimum Gasteiger partial charge on any atom is -0.495 e. The summed E-state index contributed by atoms with van der Waals surface area (Å²) in [6.07, 6.45) is 1.67. The van der Waals surface area contributed by atoms with Crippen LogP contribution in [0.2, 0.25) is 0 Å². The molecule has 1 aromatic heterocycles. The van der Waals surface area contributed by atoms with Crippen LogP contribution in [0.25, 0.3) is 0 Å². The minimum absolute atomic E-state index is 0.108. The SMILES string of the molecule is COc1ccccc1N1CCN(C(=O)N(Cc2ccc(C(=O)NOI)cc2)c2ccccn2)CC1. The van der Waals surface area contributed by atoms with Crippen LogP contribution in [0.3, 0.4) is 0 Å². The zero-order valence-electron chi connectivity index (χ0n) is 19.3. The lowest BCUT2D eigenvalue weighted by Gasteiger charge is -2.38. The van der Waals surface area contributed by atoms with Gasteiger partial charge in [0.2, 0.25) is 0 Å². The van der Waals surface area contributed by atoms with Crippen molar-refractivity contribution in [2.24, 2.45) is 0 Å². The Morgan fingerprint density at radius 2 is 1.71 bits per heavy atom. The van der Waals surface area contributed by atoms with E-state index in [4.69, 9.17) is 4.74 Å². The van der Waals surface area contributed by atoms with Crippen LogP contribution in [0.15, 0.2) is 72.9 Å². The molecule has 0 radical (unpaired) electrons. The fourth-order valence-corrected chi connectivity index (χ4v) is 4.20. The predicted octanol–water partition coefficient (Wildman–Crippen LogP) is 4.05. The average molecular weight is 587 g/mol. The average Bonchev–Trinajstić information content (AvgIpc) is 2.92. The van der Waals surface area contributed by atoms with Gasteiger partial charge in [0.25, 0.3) is 5.91 Å². The van der Waals surface area contributed by atoms with E-state index in [1.165, 1.54) is 0 Å². The molecule has 3 aromatic rings. The number of halogens is 1. The Labute approximate surface area is 218 Å². The molecule has 0 aliphatic carbocycles. The van der Waals surface area contributed by atoms with Crippen LogP contribution < -0.4 is 20.0 Å². The number of ether oxygens (including phenoxy) is 1. The number of anilines is 2. The van der Waals surface area contributed by atoms with Crippen LogP contribution in [0.4, 0.5) is 16.3 Å². The summed E-state index contributed by atoms with van der Waals surface area (Å²) in [5, 5.41) is 0. The number of para-hydroxylation sites is 2. The fourth-order valence-electron chi connectivity index (χ4n) is 4.00. The number of piperazine rings is 1. The molecule has 0 saturated carbocycles. The Morgan fingerprint density at radius 1 is 1.00 bits per heavy atom. The van der Waals surface area contributed by atoms with E-state index < -0.39 is 0 Å². The van der Waals surface area contributed by atoms with Crippen LogP contribution in [0.1, 0.15) is 15.9 Å². The molecule has 1 saturated heterocycles. The molecule has 2 heterocycles. The van der Waals surface area contributed by atoms with Crippen LogP contribution in [-0.2, 0) is 9.71 Å². The molecule has 3 amide bonds. The molecule has 10 heteroatoms. The largest absolute Gasteiger partial charge is 0.495 e. The van der Waals surface area contributed by atoms with E-state index >= 15 is 0 Å². The number of methoxy groups -OCH3 is 1. The first kappa shape index (κ1) is 24.7. The van der Waals surface area contributed by atoms with E-state index in [1.54, 1.807) is 53.3 Å². The first-order chi connectivity index (χ1) is 17.1. The van der Waals surface area contributed by atoms with Crippen LogP contribution in [0, 0.1) is 0 Å². The highest BCUT2D eigenvalue weighted by Crippen LogP contribution is 2.28. The lowest BCUT2D eigenvalue weighted by molar-refractivity contribution is 0.0829. The van der Waals surface area contributed by atoms with Crippen molar-refractivity contribution in [2.75, 3.05) is 43.1 Å². The van der Waals surface area contributed by atoms with Crippen molar-refractivity contribution in [1.82, 2.24) is 15.4 Å². The molecule has 9 nitrogen and oxygen atoms in total. The number of aromatic nitrogens is 1. The maximum absolute atomic E-state index is 13.6. The van der Waals surface area contributed by atoms with E-state index in [0.717, 1.165) is 17.0 Å². The molecule has 0 unspecified atom stereocenters. The topological polar surface area (TPSA) is 87.2 Å². The van der Waals surface area contributed by atoms with Crippen molar-refractivity contribution in [3.8, 4) is 5.75 Å². The first-order valence-corrected chi connectivity index (χ1v) is 12.0. The van der Waals surface area contributed by atoms with Gasteiger partial charge in [0, 0.05) is 37.9 Å². The minimum atomic E-state index is -0.337. The summed E-state index contributed by atoms with van der Waals surface area (Å²) in [5.74, 6) is 1.06. The predicted molar refractivity (Wildman–Crippen MR) is 142 cm³/mol. The summed E-state index contributed by atoms with van der Waals surface area (Å²) in [7, 11) is 1.67. The summed E-state index contributed by atoms with van der Waals surface area (Å²) in [6.45, 7) is 2.88. The molecule has 2 aromatic carbocycles. The first-order valence-electron chi connectivity index (χ1n) is 11.1. The number of nitrogens with zero attached hydrogens (tertiary/aromatic N) is 4. The number of nitrogens with one attached hydrogen (secondary N) is 1. The van der Waals surface area contributed by atoms with Gasteiger partial charge in [-0.1, -0.05) is 30.3 Å². The van der Waals surface area contributed by atoms with E-state index in [0.29, 0.717) is 44.1 Å². The third kappa shape index (κ3) is 6.01. The van der Waals surface area contributed by atoms with Gasteiger partial charge in [0.05, 0.1) is 19.3 Å².